The van der Waals surface area contributed by atoms with Gasteiger partial charge < -0.3 is 14.6 Å². The minimum absolute atomic E-state index is 0.0780. The summed E-state index contributed by atoms with van der Waals surface area (Å²) in [7, 11) is 0. The first-order valence-electron chi connectivity index (χ1n) is 9.26. The number of furan rings is 1. The fourth-order valence-corrected chi connectivity index (χ4v) is 3.02. The first kappa shape index (κ1) is 18.9. The van der Waals surface area contributed by atoms with Crippen molar-refractivity contribution in [3.05, 3.63) is 66.1 Å². The Morgan fingerprint density at radius 2 is 1.81 bits per heavy atom. The molecular formula is C21H25N3O3. The SMILES string of the molecule is O=C(NCCC(=O)N1CCN(CC=Cc2ccccc2)CC1)c1ccco1. The summed E-state index contributed by atoms with van der Waals surface area (Å²) in [5.41, 5.74) is 1.20. The Labute approximate surface area is 159 Å². The number of nitrogens with one attached hydrogen (secondary N) is 1. The van der Waals surface area contributed by atoms with E-state index in [1.165, 1.54) is 11.8 Å². The van der Waals surface area contributed by atoms with Gasteiger partial charge in [-0.3, -0.25) is 14.5 Å². The largest absolute Gasteiger partial charge is 0.459 e. The topological polar surface area (TPSA) is 65.8 Å². The van der Waals surface area contributed by atoms with Gasteiger partial charge in [-0.1, -0.05) is 42.5 Å². The molecule has 0 bridgehead atoms. The first-order valence-corrected chi connectivity index (χ1v) is 9.26. The van der Waals surface area contributed by atoms with E-state index in [0.29, 0.717) is 13.0 Å². The lowest BCUT2D eigenvalue weighted by Crippen LogP contribution is -2.49. The van der Waals surface area contributed by atoms with Crippen LogP contribution in [0.5, 0.6) is 0 Å². The minimum Gasteiger partial charge on any atom is -0.459 e. The molecule has 0 aliphatic carbocycles. The van der Waals surface area contributed by atoms with Crippen LogP contribution >= 0.6 is 0 Å². The summed E-state index contributed by atoms with van der Waals surface area (Å²) in [6.45, 7) is 4.38. The van der Waals surface area contributed by atoms with E-state index in [1.54, 1.807) is 12.1 Å². The van der Waals surface area contributed by atoms with Crippen LogP contribution in [-0.4, -0.2) is 60.9 Å². The van der Waals surface area contributed by atoms with E-state index < -0.39 is 0 Å². The van der Waals surface area contributed by atoms with E-state index in [9.17, 15) is 9.59 Å². The molecule has 27 heavy (non-hydrogen) atoms. The number of carbonyl (C=O) groups is 2. The fraction of sp³-hybridized carbons (Fsp3) is 0.333. The maximum Gasteiger partial charge on any atom is 0.286 e. The Morgan fingerprint density at radius 3 is 2.52 bits per heavy atom. The second-order valence-electron chi connectivity index (χ2n) is 6.48. The summed E-state index contributed by atoms with van der Waals surface area (Å²) in [4.78, 5) is 28.3. The maximum absolute atomic E-state index is 12.3. The summed E-state index contributed by atoms with van der Waals surface area (Å²) in [6.07, 6.45) is 6.05. The average molecular weight is 367 g/mol. The molecule has 1 aliphatic rings. The van der Waals surface area contributed by atoms with Crippen LogP contribution in [0.3, 0.4) is 0 Å². The third kappa shape index (κ3) is 5.82. The molecule has 6 heteroatoms. The molecule has 6 nitrogen and oxygen atoms in total. The Morgan fingerprint density at radius 1 is 1.04 bits per heavy atom. The smallest absolute Gasteiger partial charge is 0.286 e. The maximum atomic E-state index is 12.3. The van der Waals surface area contributed by atoms with E-state index in [1.807, 2.05) is 23.1 Å². The van der Waals surface area contributed by atoms with Gasteiger partial charge in [0.25, 0.3) is 5.91 Å². The number of nitrogens with zero attached hydrogens (tertiary/aromatic N) is 2. The summed E-state index contributed by atoms with van der Waals surface area (Å²) < 4.78 is 5.02. The fourth-order valence-electron chi connectivity index (χ4n) is 3.02. The van der Waals surface area contributed by atoms with Crippen LogP contribution in [0.25, 0.3) is 6.08 Å². The summed E-state index contributed by atoms with van der Waals surface area (Å²) in [5, 5.41) is 2.71. The van der Waals surface area contributed by atoms with Crippen LogP contribution in [-0.2, 0) is 4.79 Å². The molecule has 1 fully saturated rings. The standard InChI is InChI=1S/C21H25N3O3/c25-20(10-11-22-21(26)19-9-5-17-27-19)24-15-13-23(14-16-24)12-4-8-18-6-2-1-3-7-18/h1-9,17H,10-16H2,(H,22,26). The highest BCUT2D eigenvalue weighted by Gasteiger charge is 2.20. The molecule has 0 saturated carbocycles. The molecule has 2 heterocycles. The zero-order valence-electron chi connectivity index (χ0n) is 15.3. The molecule has 1 aliphatic heterocycles. The van der Waals surface area contributed by atoms with Crippen LogP contribution in [0.1, 0.15) is 22.5 Å². The van der Waals surface area contributed by atoms with Gasteiger partial charge in [0, 0.05) is 45.7 Å². The number of carbonyl (C=O) groups excluding carboxylic acids is 2. The number of rotatable bonds is 7. The molecule has 2 amide bonds. The van der Waals surface area contributed by atoms with Crippen LogP contribution in [0.2, 0.25) is 0 Å². The van der Waals surface area contributed by atoms with Crippen molar-refractivity contribution < 1.29 is 14.0 Å². The Kier molecular flexibility index (Phi) is 6.82. The van der Waals surface area contributed by atoms with Gasteiger partial charge in [0.2, 0.25) is 5.91 Å². The van der Waals surface area contributed by atoms with Gasteiger partial charge in [0.1, 0.15) is 0 Å². The predicted molar refractivity (Wildman–Crippen MR) is 104 cm³/mol. The van der Waals surface area contributed by atoms with Crippen LogP contribution < -0.4 is 5.32 Å². The van der Waals surface area contributed by atoms with E-state index >= 15 is 0 Å². The zero-order chi connectivity index (χ0) is 18.9. The average Bonchev–Trinajstić information content (AvgIpc) is 3.24. The Bertz CT molecular complexity index is 748. The molecule has 0 atom stereocenters. The van der Waals surface area contributed by atoms with Crippen molar-refractivity contribution in [3.8, 4) is 0 Å². The molecule has 1 aromatic heterocycles. The number of benzene rings is 1. The molecule has 2 aromatic rings. The zero-order valence-corrected chi connectivity index (χ0v) is 15.3. The highest BCUT2D eigenvalue weighted by atomic mass is 16.3. The van der Waals surface area contributed by atoms with Crippen molar-refractivity contribution in [1.29, 1.82) is 0 Å². The van der Waals surface area contributed by atoms with E-state index in [2.05, 4.69) is 34.5 Å². The first-order chi connectivity index (χ1) is 13.2. The lowest BCUT2D eigenvalue weighted by atomic mass is 10.2. The molecule has 0 unspecified atom stereocenters. The second kappa shape index (κ2) is 9.73. The molecule has 0 spiro atoms. The van der Waals surface area contributed by atoms with Crippen molar-refractivity contribution in [2.45, 2.75) is 6.42 Å². The predicted octanol–water partition coefficient (Wildman–Crippen LogP) is 2.26. The molecular weight excluding hydrogens is 342 g/mol. The van der Waals surface area contributed by atoms with Gasteiger partial charge in [-0.2, -0.15) is 0 Å². The summed E-state index contributed by atoms with van der Waals surface area (Å²) in [6, 6.07) is 13.5. The highest BCUT2D eigenvalue weighted by Crippen LogP contribution is 2.06. The highest BCUT2D eigenvalue weighted by molar-refractivity contribution is 5.91. The molecule has 3 rings (SSSR count). The molecule has 0 radical (unpaired) electrons. The van der Waals surface area contributed by atoms with Crippen LogP contribution in [0, 0.1) is 0 Å². The van der Waals surface area contributed by atoms with Gasteiger partial charge in [0.05, 0.1) is 6.26 Å². The molecule has 1 N–H and O–H groups in total. The lowest BCUT2D eigenvalue weighted by molar-refractivity contribution is -0.132. The molecule has 1 aromatic carbocycles. The lowest BCUT2D eigenvalue weighted by Gasteiger charge is -2.34. The summed E-state index contributed by atoms with van der Waals surface area (Å²) in [5.74, 6) is 0.0525. The van der Waals surface area contributed by atoms with E-state index in [4.69, 9.17) is 4.42 Å². The van der Waals surface area contributed by atoms with Gasteiger partial charge >= 0.3 is 0 Å². The van der Waals surface area contributed by atoms with Crippen LogP contribution in [0.15, 0.2) is 59.2 Å². The number of hydrogen-bond donors (Lipinski definition) is 1. The Balaban J connectivity index is 1.33. The summed E-state index contributed by atoms with van der Waals surface area (Å²) >= 11 is 0. The normalized spacial score (nSPS) is 15.2. The van der Waals surface area contributed by atoms with Gasteiger partial charge in [-0.15, -0.1) is 0 Å². The second-order valence-corrected chi connectivity index (χ2v) is 6.48. The third-order valence-electron chi connectivity index (χ3n) is 4.57. The molecule has 1 saturated heterocycles. The van der Waals surface area contributed by atoms with Crippen molar-refractivity contribution in [1.82, 2.24) is 15.1 Å². The van der Waals surface area contributed by atoms with E-state index in [-0.39, 0.29) is 17.6 Å². The van der Waals surface area contributed by atoms with Crippen molar-refractivity contribution in [2.24, 2.45) is 0 Å². The minimum atomic E-state index is -0.289. The third-order valence-corrected chi connectivity index (χ3v) is 4.57. The van der Waals surface area contributed by atoms with Gasteiger partial charge in [0.15, 0.2) is 5.76 Å². The number of amides is 2. The van der Waals surface area contributed by atoms with Gasteiger partial charge in [-0.25, -0.2) is 0 Å². The van der Waals surface area contributed by atoms with Crippen molar-refractivity contribution in [3.63, 3.8) is 0 Å². The quantitative estimate of drug-likeness (QED) is 0.815. The van der Waals surface area contributed by atoms with Gasteiger partial charge in [-0.05, 0) is 17.7 Å². The van der Waals surface area contributed by atoms with Crippen molar-refractivity contribution in [2.75, 3.05) is 39.3 Å². The van der Waals surface area contributed by atoms with Crippen molar-refractivity contribution >= 4 is 17.9 Å². The number of hydrogen-bond acceptors (Lipinski definition) is 4. The van der Waals surface area contributed by atoms with Crippen LogP contribution in [0.4, 0.5) is 0 Å². The monoisotopic (exact) mass is 367 g/mol. The number of piperazine rings is 1. The molecule has 142 valence electrons. The Hall–Kier alpha value is -2.86. The van der Waals surface area contributed by atoms with E-state index in [0.717, 1.165) is 32.7 Å².